The summed E-state index contributed by atoms with van der Waals surface area (Å²) >= 11 is 0. The molecule has 1 aromatic carbocycles. The van der Waals surface area contributed by atoms with Crippen molar-refractivity contribution < 1.29 is 14.8 Å². The van der Waals surface area contributed by atoms with E-state index in [1.165, 1.54) is 0 Å². The van der Waals surface area contributed by atoms with Crippen molar-refractivity contribution in [3.63, 3.8) is 0 Å². The molecular formula is C11H18BNO3. The van der Waals surface area contributed by atoms with Crippen molar-refractivity contribution >= 4 is 13.6 Å². The van der Waals surface area contributed by atoms with Gasteiger partial charge in [-0.15, -0.1) is 0 Å². The molecule has 0 saturated heterocycles. The zero-order chi connectivity index (χ0) is 12.4. The minimum atomic E-state index is -0.750. The van der Waals surface area contributed by atoms with E-state index >= 15 is 0 Å². The topological polar surface area (TPSA) is 69.6 Å². The smallest absolute Gasteiger partial charge is 0.430 e. The largest absolute Gasteiger partial charge is 0.432 e. The van der Waals surface area contributed by atoms with Gasteiger partial charge < -0.3 is 15.4 Å². The van der Waals surface area contributed by atoms with Crippen molar-refractivity contribution in [3.05, 3.63) is 35.9 Å². The highest BCUT2D eigenvalue weighted by Crippen LogP contribution is 1.98. The van der Waals surface area contributed by atoms with Crippen molar-refractivity contribution in [2.24, 2.45) is 5.92 Å². The molecule has 1 rings (SSSR count). The van der Waals surface area contributed by atoms with E-state index in [0.29, 0.717) is 5.92 Å². The van der Waals surface area contributed by atoms with Gasteiger partial charge in [-0.05, 0) is 18.1 Å². The molecule has 0 radical (unpaired) electrons. The summed E-state index contributed by atoms with van der Waals surface area (Å²) in [5.74, 6) is 0.502. The number of benzene rings is 1. The molecule has 0 spiro atoms. The summed E-state index contributed by atoms with van der Waals surface area (Å²) in [4.78, 5) is 11.4. The van der Waals surface area contributed by atoms with E-state index in [2.05, 4.69) is 19.2 Å². The van der Waals surface area contributed by atoms with Gasteiger partial charge in [-0.3, -0.25) is 4.79 Å². The normalized spacial score (nSPS) is 9.06. The molecule has 5 heteroatoms. The number of nitrogens with one attached hydrogen (secondary N) is 1. The Kier molecular flexibility index (Phi) is 8.20. The van der Waals surface area contributed by atoms with Gasteiger partial charge in [0.15, 0.2) is 0 Å². The predicted octanol–water partition coefficient (Wildman–Crippen LogP) is 0.310. The van der Waals surface area contributed by atoms with E-state index in [1.54, 1.807) is 0 Å². The van der Waals surface area contributed by atoms with Crippen LogP contribution in [0.15, 0.2) is 30.3 Å². The molecule has 16 heavy (non-hydrogen) atoms. The first-order valence-electron chi connectivity index (χ1n) is 5.16. The Morgan fingerprint density at radius 3 is 2.25 bits per heavy atom. The predicted molar refractivity (Wildman–Crippen MR) is 65.2 cm³/mol. The fourth-order valence-electron chi connectivity index (χ4n) is 0.988. The van der Waals surface area contributed by atoms with E-state index in [0.717, 1.165) is 12.1 Å². The zero-order valence-electron chi connectivity index (χ0n) is 9.68. The van der Waals surface area contributed by atoms with Gasteiger partial charge in [0.05, 0.1) is 0 Å². The maximum atomic E-state index is 11.4. The quantitative estimate of drug-likeness (QED) is 0.646. The van der Waals surface area contributed by atoms with Crippen molar-refractivity contribution in [1.29, 1.82) is 0 Å². The average Bonchev–Trinajstić information content (AvgIpc) is 2.28. The molecule has 0 aliphatic rings. The van der Waals surface area contributed by atoms with Crippen molar-refractivity contribution in [2.45, 2.75) is 13.8 Å². The zero-order valence-corrected chi connectivity index (χ0v) is 9.68. The molecule has 0 bridgehead atoms. The molecular weight excluding hydrogens is 205 g/mol. The molecule has 0 heterocycles. The number of hydrogen-bond donors (Lipinski definition) is 3. The maximum Gasteiger partial charge on any atom is 0.432 e. The lowest BCUT2D eigenvalue weighted by Gasteiger charge is -2.06. The molecule has 0 aliphatic heterocycles. The van der Waals surface area contributed by atoms with Gasteiger partial charge in [-0.25, -0.2) is 0 Å². The Bertz CT molecular complexity index is 291. The minimum absolute atomic E-state index is 0.00861. The first-order valence-corrected chi connectivity index (χ1v) is 5.16. The lowest BCUT2D eigenvalue weighted by Crippen LogP contribution is -2.27. The minimum Gasteiger partial charge on any atom is -0.430 e. The molecule has 0 saturated carbocycles. The molecule has 4 nitrogen and oxygen atoms in total. The second kappa shape index (κ2) is 8.94. The lowest BCUT2D eigenvalue weighted by molar-refractivity contribution is 0.0949. The van der Waals surface area contributed by atoms with Gasteiger partial charge in [0, 0.05) is 12.1 Å². The van der Waals surface area contributed by atoms with Gasteiger partial charge in [0.1, 0.15) is 0 Å². The molecule has 3 N–H and O–H groups in total. The third kappa shape index (κ3) is 7.03. The van der Waals surface area contributed by atoms with E-state index in [1.807, 2.05) is 30.3 Å². The number of rotatable bonds is 3. The monoisotopic (exact) mass is 223 g/mol. The third-order valence-electron chi connectivity index (χ3n) is 1.71. The van der Waals surface area contributed by atoms with E-state index in [9.17, 15) is 4.79 Å². The van der Waals surface area contributed by atoms with Crippen LogP contribution in [0.5, 0.6) is 0 Å². The van der Waals surface area contributed by atoms with Crippen LogP contribution in [0.4, 0.5) is 0 Å². The highest BCUT2D eigenvalue weighted by molar-refractivity contribution is 6.13. The molecule has 1 amide bonds. The van der Waals surface area contributed by atoms with E-state index < -0.39 is 7.69 Å². The highest BCUT2D eigenvalue weighted by Gasteiger charge is 2.03. The van der Waals surface area contributed by atoms with Crippen molar-refractivity contribution in [3.8, 4) is 0 Å². The standard InChI is InChI=1S/C11H15NO.BH3O2/c1-9(2)8-12-11(13)10-6-4-3-5-7-10;2-1-3/h3-7,9H,8H2,1-2H3,(H,12,13);1-3H. The van der Waals surface area contributed by atoms with Gasteiger partial charge in [0.2, 0.25) is 0 Å². The third-order valence-corrected chi connectivity index (χ3v) is 1.71. The summed E-state index contributed by atoms with van der Waals surface area (Å²) in [6.45, 7) is 4.88. The van der Waals surface area contributed by atoms with Gasteiger partial charge in [0.25, 0.3) is 5.91 Å². The summed E-state index contributed by atoms with van der Waals surface area (Å²) < 4.78 is 0. The SMILES string of the molecule is CC(C)CNC(=O)c1ccccc1.OBO. The molecule has 0 unspecified atom stereocenters. The van der Waals surface area contributed by atoms with Crippen LogP contribution in [0.2, 0.25) is 0 Å². The van der Waals surface area contributed by atoms with Gasteiger partial charge >= 0.3 is 7.69 Å². The Morgan fingerprint density at radius 1 is 1.31 bits per heavy atom. The molecule has 0 fully saturated rings. The molecule has 88 valence electrons. The first-order chi connectivity index (χ1) is 7.61. The fraction of sp³-hybridized carbons (Fsp3) is 0.364. The Labute approximate surface area is 96.6 Å². The lowest BCUT2D eigenvalue weighted by atomic mass is 10.2. The fourth-order valence-corrected chi connectivity index (χ4v) is 0.988. The second-order valence-electron chi connectivity index (χ2n) is 3.61. The van der Waals surface area contributed by atoms with Gasteiger partial charge in [-0.1, -0.05) is 32.0 Å². The first kappa shape index (κ1) is 14.7. The van der Waals surface area contributed by atoms with Crippen LogP contribution in [0.1, 0.15) is 24.2 Å². The summed E-state index contributed by atoms with van der Waals surface area (Å²) in [7, 11) is -0.750. The Morgan fingerprint density at radius 2 is 1.81 bits per heavy atom. The van der Waals surface area contributed by atoms with Crippen LogP contribution in [0, 0.1) is 5.92 Å². The van der Waals surface area contributed by atoms with Crippen LogP contribution in [0.3, 0.4) is 0 Å². The van der Waals surface area contributed by atoms with Gasteiger partial charge in [-0.2, -0.15) is 0 Å². The number of amides is 1. The summed E-state index contributed by atoms with van der Waals surface area (Å²) in [6.07, 6.45) is 0. The highest BCUT2D eigenvalue weighted by atomic mass is 16.4. The van der Waals surface area contributed by atoms with Crippen LogP contribution >= 0.6 is 0 Å². The van der Waals surface area contributed by atoms with Crippen LogP contribution in [0.25, 0.3) is 0 Å². The van der Waals surface area contributed by atoms with E-state index in [4.69, 9.17) is 10.0 Å². The Balaban J connectivity index is 0.000000673. The van der Waals surface area contributed by atoms with Crippen molar-refractivity contribution in [2.75, 3.05) is 6.54 Å². The second-order valence-corrected chi connectivity index (χ2v) is 3.61. The van der Waals surface area contributed by atoms with Crippen molar-refractivity contribution in [1.82, 2.24) is 5.32 Å². The van der Waals surface area contributed by atoms with E-state index in [-0.39, 0.29) is 5.91 Å². The maximum absolute atomic E-state index is 11.4. The summed E-state index contributed by atoms with van der Waals surface area (Å²) in [5.41, 5.74) is 0.725. The number of carbonyl (C=O) groups is 1. The average molecular weight is 223 g/mol. The number of hydrogen-bond acceptors (Lipinski definition) is 3. The number of carbonyl (C=O) groups excluding carboxylic acids is 1. The Hall–Kier alpha value is -1.33. The molecule has 0 aromatic heterocycles. The van der Waals surface area contributed by atoms with Crippen LogP contribution in [-0.2, 0) is 0 Å². The summed E-state index contributed by atoms with van der Waals surface area (Å²) in [6, 6.07) is 9.26. The molecule has 0 atom stereocenters. The molecule has 1 aromatic rings. The summed E-state index contributed by atoms with van der Waals surface area (Å²) in [5, 5.41) is 17.1. The van der Waals surface area contributed by atoms with Crippen LogP contribution in [-0.4, -0.2) is 30.2 Å². The molecule has 0 aliphatic carbocycles. The van der Waals surface area contributed by atoms with Crippen LogP contribution < -0.4 is 5.32 Å².